The van der Waals surface area contributed by atoms with Crippen LogP contribution in [0.4, 0.5) is 11.4 Å². The lowest BCUT2D eigenvalue weighted by Gasteiger charge is -2.17. The highest BCUT2D eigenvalue weighted by Crippen LogP contribution is 2.25. The van der Waals surface area contributed by atoms with Crippen LogP contribution in [0.2, 0.25) is 10.0 Å². The molecule has 0 atom stereocenters. The lowest BCUT2D eigenvalue weighted by Crippen LogP contribution is -2.32. The number of hydrogen-bond acceptors (Lipinski definition) is 3. The molecule has 7 heteroatoms. The molecule has 0 bridgehead atoms. The Morgan fingerprint density at radius 3 is 2.44 bits per heavy atom. The average Bonchev–Trinajstić information content (AvgIpc) is 2.60. The van der Waals surface area contributed by atoms with Crippen molar-refractivity contribution in [1.82, 2.24) is 4.90 Å². The molecule has 2 aromatic rings. The quantitative estimate of drug-likeness (QED) is 0.709. The van der Waals surface area contributed by atoms with Gasteiger partial charge in [0.1, 0.15) is 0 Å². The maximum Gasteiger partial charge on any atom is 0.238 e. The Morgan fingerprint density at radius 2 is 1.70 bits per heavy atom. The third kappa shape index (κ3) is 6.54. The van der Waals surface area contributed by atoms with Gasteiger partial charge < -0.3 is 10.6 Å². The third-order valence-corrected chi connectivity index (χ3v) is 4.78. The van der Waals surface area contributed by atoms with Crippen molar-refractivity contribution in [3.63, 3.8) is 0 Å². The fraction of sp³-hybridized carbons (Fsp3) is 0.300. The van der Waals surface area contributed by atoms with E-state index in [4.69, 9.17) is 23.2 Å². The van der Waals surface area contributed by atoms with Crippen LogP contribution in [0.1, 0.15) is 17.5 Å². The first-order chi connectivity index (χ1) is 12.8. The first-order valence-corrected chi connectivity index (χ1v) is 9.31. The molecule has 5 nitrogen and oxygen atoms in total. The van der Waals surface area contributed by atoms with Gasteiger partial charge in [0.15, 0.2) is 0 Å². The minimum atomic E-state index is -0.194. The molecule has 2 amide bonds. The molecule has 0 fully saturated rings. The Morgan fingerprint density at radius 1 is 1.00 bits per heavy atom. The summed E-state index contributed by atoms with van der Waals surface area (Å²) >= 11 is 11.9. The van der Waals surface area contributed by atoms with E-state index in [1.54, 1.807) is 30.1 Å². The van der Waals surface area contributed by atoms with Crippen molar-refractivity contribution in [1.29, 1.82) is 0 Å². The predicted molar refractivity (Wildman–Crippen MR) is 112 cm³/mol. The fourth-order valence-corrected chi connectivity index (χ4v) is 2.84. The zero-order valence-electron chi connectivity index (χ0n) is 15.6. The van der Waals surface area contributed by atoms with Gasteiger partial charge in [-0.25, -0.2) is 0 Å². The van der Waals surface area contributed by atoms with Crippen LogP contribution in [0.15, 0.2) is 36.4 Å². The molecule has 27 heavy (non-hydrogen) atoms. The molecular weight excluding hydrogens is 385 g/mol. The molecule has 0 aromatic heterocycles. The molecule has 2 rings (SSSR count). The van der Waals surface area contributed by atoms with E-state index in [0.717, 1.165) is 16.8 Å². The van der Waals surface area contributed by atoms with Crippen molar-refractivity contribution in [2.24, 2.45) is 0 Å². The summed E-state index contributed by atoms with van der Waals surface area (Å²) in [5, 5.41) is 6.56. The van der Waals surface area contributed by atoms with Crippen LogP contribution < -0.4 is 10.6 Å². The highest BCUT2D eigenvalue weighted by Gasteiger charge is 2.12. The summed E-state index contributed by atoms with van der Waals surface area (Å²) < 4.78 is 0. The average molecular weight is 408 g/mol. The molecule has 2 aromatic carbocycles. The van der Waals surface area contributed by atoms with Crippen molar-refractivity contribution >= 4 is 46.4 Å². The number of anilines is 2. The molecule has 144 valence electrons. The molecule has 0 saturated carbocycles. The topological polar surface area (TPSA) is 61.4 Å². The molecule has 0 aliphatic rings. The number of halogens is 2. The second-order valence-electron chi connectivity index (χ2n) is 6.46. The number of nitrogens with one attached hydrogen (secondary N) is 2. The Bertz CT molecular complexity index is 840. The smallest absolute Gasteiger partial charge is 0.238 e. The van der Waals surface area contributed by atoms with E-state index in [1.165, 1.54) is 0 Å². The number of likely N-dealkylation sites (N-methyl/N-ethyl adjacent to an activating group) is 1. The highest BCUT2D eigenvalue weighted by atomic mass is 35.5. The maximum absolute atomic E-state index is 12.2. The number of amides is 2. The van der Waals surface area contributed by atoms with Gasteiger partial charge in [0, 0.05) is 23.7 Å². The van der Waals surface area contributed by atoms with Gasteiger partial charge in [-0.3, -0.25) is 14.5 Å². The Kier molecular flexibility index (Phi) is 7.66. The van der Waals surface area contributed by atoms with Crippen LogP contribution in [0.25, 0.3) is 0 Å². The van der Waals surface area contributed by atoms with Crippen molar-refractivity contribution < 1.29 is 9.59 Å². The Balaban J connectivity index is 1.80. The molecule has 0 spiro atoms. The SMILES string of the molecule is Cc1cccc(NC(=O)CN(C)CCC(=O)Nc2cc(Cl)ccc2Cl)c1C. The van der Waals surface area contributed by atoms with Crippen LogP contribution in [0.3, 0.4) is 0 Å². The van der Waals surface area contributed by atoms with E-state index in [9.17, 15) is 9.59 Å². The van der Waals surface area contributed by atoms with Crippen molar-refractivity contribution in [2.75, 3.05) is 30.8 Å². The van der Waals surface area contributed by atoms with Gasteiger partial charge in [0.2, 0.25) is 11.8 Å². The highest BCUT2D eigenvalue weighted by molar-refractivity contribution is 6.35. The van der Waals surface area contributed by atoms with E-state index in [0.29, 0.717) is 22.3 Å². The van der Waals surface area contributed by atoms with Gasteiger partial charge in [-0.15, -0.1) is 0 Å². The summed E-state index contributed by atoms with van der Waals surface area (Å²) in [6.45, 7) is 4.60. The van der Waals surface area contributed by atoms with Crippen LogP contribution in [0.5, 0.6) is 0 Å². The normalized spacial score (nSPS) is 10.7. The maximum atomic E-state index is 12.2. The summed E-state index contributed by atoms with van der Waals surface area (Å²) in [6, 6.07) is 10.7. The van der Waals surface area contributed by atoms with Crippen molar-refractivity contribution in [3.05, 3.63) is 57.6 Å². The fourth-order valence-electron chi connectivity index (χ4n) is 2.50. The van der Waals surface area contributed by atoms with Gasteiger partial charge in [-0.05, 0) is 56.3 Å². The first-order valence-electron chi connectivity index (χ1n) is 8.56. The zero-order valence-corrected chi connectivity index (χ0v) is 17.1. The molecule has 0 aliphatic carbocycles. The van der Waals surface area contributed by atoms with Crippen LogP contribution >= 0.6 is 23.2 Å². The molecule has 2 N–H and O–H groups in total. The number of aryl methyl sites for hydroxylation is 1. The van der Waals surface area contributed by atoms with Crippen molar-refractivity contribution in [2.45, 2.75) is 20.3 Å². The van der Waals surface area contributed by atoms with Crippen LogP contribution in [-0.2, 0) is 9.59 Å². The standard InChI is InChI=1S/C20H23Cl2N3O2/c1-13-5-4-6-17(14(13)2)23-20(27)12-25(3)10-9-19(26)24-18-11-15(21)7-8-16(18)22/h4-8,11H,9-10,12H2,1-3H3,(H,23,27)(H,24,26). The monoisotopic (exact) mass is 407 g/mol. The van der Waals surface area contributed by atoms with Crippen LogP contribution in [0, 0.1) is 13.8 Å². The molecule has 0 saturated heterocycles. The molecular formula is C20H23Cl2N3O2. The lowest BCUT2D eigenvalue weighted by molar-refractivity contribution is -0.119. The van der Waals surface area contributed by atoms with Gasteiger partial charge in [0.05, 0.1) is 17.3 Å². The summed E-state index contributed by atoms with van der Waals surface area (Å²) in [5.74, 6) is -0.314. The molecule has 0 unspecified atom stereocenters. The third-order valence-electron chi connectivity index (χ3n) is 4.22. The lowest BCUT2D eigenvalue weighted by atomic mass is 10.1. The summed E-state index contributed by atoms with van der Waals surface area (Å²) in [5.41, 5.74) is 3.45. The van der Waals surface area contributed by atoms with E-state index >= 15 is 0 Å². The number of carbonyl (C=O) groups is 2. The van der Waals surface area contributed by atoms with Gasteiger partial charge in [-0.1, -0.05) is 35.3 Å². The van der Waals surface area contributed by atoms with Crippen molar-refractivity contribution in [3.8, 4) is 0 Å². The van der Waals surface area contributed by atoms with Gasteiger partial charge >= 0.3 is 0 Å². The first kappa shape index (κ1) is 21.2. The number of hydrogen-bond donors (Lipinski definition) is 2. The molecule has 0 aliphatic heterocycles. The van der Waals surface area contributed by atoms with Gasteiger partial charge in [-0.2, -0.15) is 0 Å². The van der Waals surface area contributed by atoms with E-state index in [-0.39, 0.29) is 24.8 Å². The number of rotatable bonds is 7. The van der Waals surface area contributed by atoms with Crippen LogP contribution in [-0.4, -0.2) is 36.9 Å². The second-order valence-corrected chi connectivity index (χ2v) is 7.30. The van der Waals surface area contributed by atoms with E-state index in [2.05, 4.69) is 10.6 Å². The number of benzene rings is 2. The molecule has 0 heterocycles. The largest absolute Gasteiger partial charge is 0.325 e. The van der Waals surface area contributed by atoms with Gasteiger partial charge in [0.25, 0.3) is 0 Å². The molecule has 0 radical (unpaired) electrons. The number of carbonyl (C=O) groups excluding carboxylic acids is 2. The minimum Gasteiger partial charge on any atom is -0.325 e. The summed E-state index contributed by atoms with van der Waals surface area (Å²) in [4.78, 5) is 26.1. The minimum absolute atomic E-state index is 0.121. The predicted octanol–water partition coefficient (Wildman–Crippen LogP) is 4.51. The van der Waals surface area contributed by atoms with E-state index < -0.39 is 0 Å². The number of nitrogens with zero attached hydrogens (tertiary/aromatic N) is 1. The Hall–Kier alpha value is -2.08. The Labute approximate surface area is 169 Å². The van der Waals surface area contributed by atoms with E-state index in [1.807, 2.05) is 32.0 Å². The summed E-state index contributed by atoms with van der Waals surface area (Å²) in [6.07, 6.45) is 0.232. The summed E-state index contributed by atoms with van der Waals surface area (Å²) in [7, 11) is 1.79. The zero-order chi connectivity index (χ0) is 20.0. The second kappa shape index (κ2) is 9.74.